The maximum absolute atomic E-state index is 4.99. The lowest BCUT2D eigenvalue weighted by molar-refractivity contribution is 0.177. The molecule has 0 aromatic carbocycles. The lowest BCUT2D eigenvalue weighted by Gasteiger charge is -1.97. The molecule has 2 aromatic heterocycles. The molecule has 0 aliphatic rings. The molecular formula is C8H9N3O. The summed E-state index contributed by atoms with van der Waals surface area (Å²) < 4.78 is 6.95. The summed E-state index contributed by atoms with van der Waals surface area (Å²) in [5, 5.41) is 0. The predicted molar refractivity (Wildman–Crippen MR) is 43.7 cm³/mol. The van der Waals surface area contributed by atoms with Crippen molar-refractivity contribution >= 4 is 5.52 Å². The van der Waals surface area contributed by atoms with Crippen molar-refractivity contribution in [1.29, 1.82) is 0 Å². The van der Waals surface area contributed by atoms with Crippen LogP contribution in [0.2, 0.25) is 0 Å². The van der Waals surface area contributed by atoms with E-state index in [1.54, 1.807) is 25.7 Å². The van der Waals surface area contributed by atoms with E-state index in [9.17, 15) is 0 Å². The molecule has 0 unspecified atom stereocenters. The molecule has 2 heterocycles. The molecule has 0 amide bonds. The number of hydrogen-bond acceptors (Lipinski definition) is 3. The lowest BCUT2D eigenvalue weighted by Crippen LogP contribution is -1.95. The molecule has 0 fully saturated rings. The minimum Gasteiger partial charge on any atom is -0.377 e. The fraction of sp³-hybridized carbons (Fsp3) is 0.250. The van der Waals surface area contributed by atoms with E-state index in [1.165, 1.54) is 0 Å². The maximum atomic E-state index is 4.99. The van der Waals surface area contributed by atoms with E-state index in [4.69, 9.17) is 4.74 Å². The molecule has 0 atom stereocenters. The first kappa shape index (κ1) is 7.24. The monoisotopic (exact) mass is 163 g/mol. The van der Waals surface area contributed by atoms with E-state index in [0.29, 0.717) is 6.61 Å². The summed E-state index contributed by atoms with van der Waals surface area (Å²) in [5.41, 5.74) is 0.990. The number of aromatic nitrogens is 3. The molecule has 0 aliphatic carbocycles. The average molecular weight is 163 g/mol. The highest BCUT2D eigenvalue weighted by Gasteiger charge is 2.00. The van der Waals surface area contributed by atoms with E-state index in [0.717, 1.165) is 11.3 Å². The van der Waals surface area contributed by atoms with E-state index in [2.05, 4.69) is 9.97 Å². The summed E-state index contributed by atoms with van der Waals surface area (Å²) in [6, 6.07) is 0. The Balaban J connectivity index is 2.55. The summed E-state index contributed by atoms with van der Waals surface area (Å²) in [6.45, 7) is 0.526. The molecular weight excluding hydrogens is 154 g/mol. The smallest absolute Gasteiger partial charge is 0.139 e. The summed E-state index contributed by atoms with van der Waals surface area (Å²) in [7, 11) is 1.66. The molecule has 0 bridgehead atoms. The molecule has 0 radical (unpaired) electrons. The number of hydrogen-bond donors (Lipinski definition) is 0. The zero-order valence-electron chi connectivity index (χ0n) is 6.77. The topological polar surface area (TPSA) is 39.4 Å². The zero-order valence-corrected chi connectivity index (χ0v) is 6.77. The second-order valence-corrected chi connectivity index (χ2v) is 2.48. The highest BCUT2D eigenvalue weighted by molar-refractivity contribution is 5.42. The third-order valence-corrected chi connectivity index (χ3v) is 1.68. The Morgan fingerprint density at radius 2 is 2.42 bits per heavy atom. The molecule has 62 valence electrons. The molecule has 4 nitrogen and oxygen atoms in total. The van der Waals surface area contributed by atoms with Gasteiger partial charge in [0.25, 0.3) is 0 Å². The van der Waals surface area contributed by atoms with Crippen LogP contribution in [0.4, 0.5) is 0 Å². The Kier molecular flexibility index (Phi) is 1.75. The number of nitrogens with zero attached hydrogens (tertiary/aromatic N) is 3. The van der Waals surface area contributed by atoms with Crippen molar-refractivity contribution in [3.05, 3.63) is 30.6 Å². The fourth-order valence-electron chi connectivity index (χ4n) is 1.14. The van der Waals surface area contributed by atoms with E-state index < -0.39 is 0 Å². The van der Waals surface area contributed by atoms with Crippen LogP contribution in [0.15, 0.2) is 24.8 Å². The Hall–Kier alpha value is -1.42. The van der Waals surface area contributed by atoms with Gasteiger partial charge < -0.3 is 4.74 Å². The van der Waals surface area contributed by atoms with Crippen molar-refractivity contribution in [3.63, 3.8) is 0 Å². The van der Waals surface area contributed by atoms with Crippen LogP contribution in [0.5, 0.6) is 0 Å². The Morgan fingerprint density at radius 3 is 3.25 bits per heavy atom. The average Bonchev–Trinajstić information content (AvgIpc) is 2.50. The van der Waals surface area contributed by atoms with Crippen LogP contribution in [0.1, 0.15) is 5.82 Å². The molecule has 12 heavy (non-hydrogen) atoms. The number of rotatable bonds is 2. The highest BCUT2D eigenvalue weighted by atomic mass is 16.5. The van der Waals surface area contributed by atoms with Crippen LogP contribution in [-0.4, -0.2) is 21.5 Å². The Bertz CT molecular complexity index is 382. The first-order valence-electron chi connectivity index (χ1n) is 3.66. The van der Waals surface area contributed by atoms with Crippen molar-refractivity contribution in [3.8, 4) is 0 Å². The minimum absolute atomic E-state index is 0.526. The normalized spacial score (nSPS) is 10.8. The van der Waals surface area contributed by atoms with Gasteiger partial charge in [-0.05, 0) is 0 Å². The van der Waals surface area contributed by atoms with Crippen LogP contribution in [0, 0.1) is 0 Å². The Morgan fingerprint density at radius 1 is 1.50 bits per heavy atom. The predicted octanol–water partition coefficient (Wildman–Crippen LogP) is 0.876. The second-order valence-electron chi connectivity index (χ2n) is 2.48. The van der Waals surface area contributed by atoms with Crippen LogP contribution in [0.3, 0.4) is 0 Å². The highest BCUT2D eigenvalue weighted by Crippen LogP contribution is 2.04. The van der Waals surface area contributed by atoms with Gasteiger partial charge in [0.2, 0.25) is 0 Å². The molecule has 0 saturated heterocycles. The van der Waals surface area contributed by atoms with Gasteiger partial charge in [0.05, 0.1) is 17.9 Å². The summed E-state index contributed by atoms with van der Waals surface area (Å²) >= 11 is 0. The standard InChI is InChI=1S/C8H9N3O/c1-12-6-8-10-5-7-4-9-2-3-11(7)8/h2-5H,6H2,1H3. The summed E-state index contributed by atoms with van der Waals surface area (Å²) in [5.74, 6) is 0.898. The summed E-state index contributed by atoms with van der Waals surface area (Å²) in [6.07, 6.45) is 7.15. The summed E-state index contributed by atoms with van der Waals surface area (Å²) in [4.78, 5) is 8.17. The molecule has 0 saturated carbocycles. The van der Waals surface area contributed by atoms with Crippen molar-refractivity contribution in [2.45, 2.75) is 6.61 Å². The third kappa shape index (κ3) is 1.06. The van der Waals surface area contributed by atoms with Crippen LogP contribution in [0.25, 0.3) is 5.52 Å². The molecule has 0 aliphatic heterocycles. The van der Waals surface area contributed by atoms with Crippen LogP contribution in [-0.2, 0) is 11.3 Å². The molecule has 2 aromatic rings. The van der Waals surface area contributed by atoms with Gasteiger partial charge in [-0.1, -0.05) is 0 Å². The zero-order chi connectivity index (χ0) is 8.39. The van der Waals surface area contributed by atoms with Gasteiger partial charge in [-0.2, -0.15) is 0 Å². The van der Waals surface area contributed by atoms with Gasteiger partial charge in [0, 0.05) is 19.5 Å². The van der Waals surface area contributed by atoms with E-state index in [1.807, 2.05) is 10.6 Å². The Labute approximate surface area is 69.8 Å². The van der Waals surface area contributed by atoms with E-state index >= 15 is 0 Å². The lowest BCUT2D eigenvalue weighted by atomic mass is 10.6. The van der Waals surface area contributed by atoms with Crippen molar-refractivity contribution in [1.82, 2.24) is 14.4 Å². The number of fused-ring (bicyclic) bond motifs is 1. The fourth-order valence-corrected chi connectivity index (χ4v) is 1.14. The van der Waals surface area contributed by atoms with Gasteiger partial charge in [-0.25, -0.2) is 4.98 Å². The molecule has 0 spiro atoms. The third-order valence-electron chi connectivity index (χ3n) is 1.68. The first-order chi connectivity index (χ1) is 5.92. The number of ether oxygens (including phenoxy) is 1. The number of imidazole rings is 1. The van der Waals surface area contributed by atoms with Crippen molar-refractivity contribution in [2.24, 2.45) is 0 Å². The van der Waals surface area contributed by atoms with Gasteiger partial charge >= 0.3 is 0 Å². The molecule has 2 rings (SSSR count). The largest absolute Gasteiger partial charge is 0.377 e. The minimum atomic E-state index is 0.526. The van der Waals surface area contributed by atoms with Crippen molar-refractivity contribution < 1.29 is 4.74 Å². The maximum Gasteiger partial charge on any atom is 0.139 e. The molecule has 0 N–H and O–H groups in total. The molecule has 4 heteroatoms. The number of methoxy groups -OCH3 is 1. The van der Waals surface area contributed by atoms with E-state index in [-0.39, 0.29) is 0 Å². The van der Waals surface area contributed by atoms with Gasteiger partial charge in [0.1, 0.15) is 12.4 Å². The van der Waals surface area contributed by atoms with Gasteiger partial charge in [-0.15, -0.1) is 0 Å². The van der Waals surface area contributed by atoms with Gasteiger partial charge in [0.15, 0.2) is 0 Å². The van der Waals surface area contributed by atoms with Crippen molar-refractivity contribution in [2.75, 3.05) is 7.11 Å². The second kappa shape index (κ2) is 2.91. The SMILES string of the molecule is COCc1ncc2cnccn12. The first-order valence-corrected chi connectivity index (χ1v) is 3.66. The quantitative estimate of drug-likeness (QED) is 0.659. The van der Waals surface area contributed by atoms with Crippen LogP contribution >= 0.6 is 0 Å². The van der Waals surface area contributed by atoms with Crippen LogP contribution < -0.4 is 0 Å². The van der Waals surface area contributed by atoms with Gasteiger partial charge in [-0.3, -0.25) is 9.38 Å².